The molecule has 3 rings (SSSR count). The number of benzene rings is 1. The van der Waals surface area contributed by atoms with Gasteiger partial charge in [0, 0.05) is 30.8 Å². The summed E-state index contributed by atoms with van der Waals surface area (Å²) >= 11 is 0. The van der Waals surface area contributed by atoms with Gasteiger partial charge in [-0.1, -0.05) is 18.2 Å². The fraction of sp³-hybridized carbons (Fsp3) is 0.421. The van der Waals surface area contributed by atoms with E-state index in [1.54, 1.807) is 31.3 Å². The molecule has 1 aromatic heterocycles. The van der Waals surface area contributed by atoms with E-state index in [-0.39, 0.29) is 29.5 Å². The number of aromatic nitrogens is 2. The van der Waals surface area contributed by atoms with E-state index >= 15 is 0 Å². The van der Waals surface area contributed by atoms with Gasteiger partial charge in [0.2, 0.25) is 0 Å². The largest absolute Gasteiger partial charge is 0.323 e. The predicted molar refractivity (Wildman–Crippen MR) is 92.7 cm³/mol. The number of nitrogens with one attached hydrogen (secondary N) is 1. The number of halogens is 1. The van der Waals surface area contributed by atoms with Crippen LogP contribution < -0.4 is 5.56 Å². The molecule has 0 amide bonds. The number of hydrogen-bond acceptors (Lipinski definition) is 4. The van der Waals surface area contributed by atoms with Gasteiger partial charge < -0.3 is 4.98 Å². The van der Waals surface area contributed by atoms with Crippen molar-refractivity contribution in [1.82, 2.24) is 14.9 Å². The third kappa shape index (κ3) is 4.39. The maximum atomic E-state index is 13.7. The number of piperidine rings is 1. The Morgan fingerprint density at radius 1 is 1.32 bits per heavy atom. The Hall–Kier alpha value is -2.34. The van der Waals surface area contributed by atoms with Crippen molar-refractivity contribution in [3.05, 3.63) is 63.6 Å². The number of rotatable bonds is 5. The van der Waals surface area contributed by atoms with Crippen LogP contribution in [0.3, 0.4) is 0 Å². The van der Waals surface area contributed by atoms with Crippen LogP contribution in [-0.4, -0.2) is 33.7 Å². The molecular weight excluding hydrogens is 321 g/mol. The highest BCUT2D eigenvalue weighted by molar-refractivity contribution is 5.83. The maximum absolute atomic E-state index is 13.7. The minimum atomic E-state index is -0.321. The number of Topliss-reactive ketones (excluding diaryl/α,β-unsaturated/α-hetero) is 1. The Morgan fingerprint density at radius 2 is 2.04 bits per heavy atom. The van der Waals surface area contributed by atoms with E-state index in [4.69, 9.17) is 0 Å². The molecule has 0 saturated carbocycles. The van der Waals surface area contributed by atoms with Crippen molar-refractivity contribution in [3.8, 4) is 0 Å². The zero-order chi connectivity index (χ0) is 17.8. The van der Waals surface area contributed by atoms with Gasteiger partial charge in [-0.15, -0.1) is 0 Å². The Labute approximate surface area is 145 Å². The molecule has 1 aliphatic rings. The van der Waals surface area contributed by atoms with Gasteiger partial charge in [0.15, 0.2) is 0 Å². The molecule has 0 bridgehead atoms. The van der Waals surface area contributed by atoms with Gasteiger partial charge in [-0.25, -0.2) is 4.39 Å². The third-order valence-electron chi connectivity index (χ3n) is 4.73. The number of carbonyl (C=O) groups is 1. The fourth-order valence-corrected chi connectivity index (χ4v) is 3.23. The number of likely N-dealkylation sites (tertiary alicyclic amines) is 1. The average molecular weight is 343 g/mol. The molecule has 1 saturated heterocycles. The van der Waals surface area contributed by atoms with Crippen molar-refractivity contribution in [2.75, 3.05) is 13.1 Å². The van der Waals surface area contributed by atoms with Crippen LogP contribution in [0.4, 0.5) is 4.39 Å². The predicted octanol–water partition coefficient (Wildman–Crippen LogP) is 2.24. The lowest BCUT2D eigenvalue weighted by Gasteiger charge is -2.30. The molecule has 1 fully saturated rings. The fourth-order valence-electron chi connectivity index (χ4n) is 3.23. The summed E-state index contributed by atoms with van der Waals surface area (Å²) in [5.41, 5.74) is 1.55. The molecule has 0 unspecified atom stereocenters. The summed E-state index contributed by atoms with van der Waals surface area (Å²) in [4.78, 5) is 33.4. The van der Waals surface area contributed by atoms with Crippen LogP contribution in [0, 0.1) is 18.7 Å². The molecular formula is C19H22FN3O2. The van der Waals surface area contributed by atoms with Crippen molar-refractivity contribution >= 4 is 5.78 Å². The van der Waals surface area contributed by atoms with Crippen molar-refractivity contribution < 1.29 is 9.18 Å². The molecule has 2 aromatic rings. The number of aryl methyl sites for hydroxylation is 1. The Kier molecular flexibility index (Phi) is 5.38. The molecule has 0 atom stereocenters. The van der Waals surface area contributed by atoms with E-state index in [2.05, 4.69) is 14.9 Å². The maximum Gasteiger partial charge on any atom is 0.271 e. The second-order valence-corrected chi connectivity index (χ2v) is 6.63. The number of aromatic amines is 1. The first-order valence-electron chi connectivity index (χ1n) is 8.56. The van der Waals surface area contributed by atoms with Crippen LogP contribution in [0.1, 0.15) is 29.8 Å². The lowest BCUT2D eigenvalue weighted by molar-refractivity contribution is -0.123. The summed E-state index contributed by atoms with van der Waals surface area (Å²) in [5, 5.41) is 0. The van der Waals surface area contributed by atoms with Gasteiger partial charge in [-0.05, 0) is 44.5 Å². The van der Waals surface area contributed by atoms with Crippen LogP contribution in [0.5, 0.6) is 0 Å². The zero-order valence-electron chi connectivity index (χ0n) is 14.3. The summed E-state index contributed by atoms with van der Waals surface area (Å²) in [6.07, 6.45) is 3.27. The number of ketones is 1. The lowest BCUT2D eigenvalue weighted by Crippen LogP contribution is -2.38. The second-order valence-electron chi connectivity index (χ2n) is 6.63. The highest BCUT2D eigenvalue weighted by Crippen LogP contribution is 2.21. The van der Waals surface area contributed by atoms with Gasteiger partial charge in [0.05, 0.1) is 0 Å². The molecule has 1 N–H and O–H groups in total. The van der Waals surface area contributed by atoms with E-state index in [9.17, 15) is 14.0 Å². The topological polar surface area (TPSA) is 66.1 Å². The molecule has 25 heavy (non-hydrogen) atoms. The Balaban J connectivity index is 1.54. The van der Waals surface area contributed by atoms with Crippen LogP contribution in [0.2, 0.25) is 0 Å². The van der Waals surface area contributed by atoms with Crippen molar-refractivity contribution in [3.63, 3.8) is 0 Å². The van der Waals surface area contributed by atoms with E-state index in [0.29, 0.717) is 17.8 Å². The molecule has 2 heterocycles. The van der Waals surface area contributed by atoms with E-state index in [1.807, 2.05) is 0 Å². The smallest absolute Gasteiger partial charge is 0.271 e. The van der Waals surface area contributed by atoms with Crippen LogP contribution in [0.15, 0.2) is 35.3 Å². The van der Waals surface area contributed by atoms with Gasteiger partial charge in [0.25, 0.3) is 5.56 Å². The normalized spacial score (nSPS) is 16.1. The van der Waals surface area contributed by atoms with Crippen molar-refractivity contribution in [2.24, 2.45) is 5.92 Å². The SMILES string of the molecule is Cc1cnc(CN2CCC(C(=O)Cc3ccccc3F)CC2)c(=O)[nH]1. The van der Waals surface area contributed by atoms with Crippen molar-refractivity contribution in [2.45, 2.75) is 32.7 Å². The molecule has 5 nitrogen and oxygen atoms in total. The zero-order valence-corrected chi connectivity index (χ0v) is 14.3. The lowest BCUT2D eigenvalue weighted by atomic mass is 9.89. The van der Waals surface area contributed by atoms with Gasteiger partial charge in [-0.3, -0.25) is 19.5 Å². The summed E-state index contributed by atoms with van der Waals surface area (Å²) in [6.45, 7) is 3.76. The minimum Gasteiger partial charge on any atom is -0.323 e. The number of hydrogen-bond donors (Lipinski definition) is 1. The Morgan fingerprint density at radius 3 is 2.72 bits per heavy atom. The molecule has 6 heteroatoms. The quantitative estimate of drug-likeness (QED) is 0.904. The minimum absolute atomic E-state index is 0.0416. The highest BCUT2D eigenvalue weighted by atomic mass is 19.1. The number of carbonyl (C=O) groups excluding carboxylic acids is 1. The van der Waals surface area contributed by atoms with Crippen LogP contribution >= 0.6 is 0 Å². The first-order valence-corrected chi connectivity index (χ1v) is 8.56. The second kappa shape index (κ2) is 7.70. The molecule has 1 aromatic carbocycles. The summed E-state index contributed by atoms with van der Waals surface area (Å²) in [5.74, 6) is -0.269. The first kappa shape index (κ1) is 17.5. The van der Waals surface area contributed by atoms with E-state index < -0.39 is 0 Å². The molecule has 0 aliphatic carbocycles. The number of H-pyrrole nitrogens is 1. The first-order chi connectivity index (χ1) is 12.0. The summed E-state index contributed by atoms with van der Waals surface area (Å²) in [6, 6.07) is 6.43. The standard InChI is InChI=1S/C19H22FN3O2/c1-13-11-21-17(19(25)22-13)12-23-8-6-14(7-9-23)18(24)10-15-4-2-3-5-16(15)20/h2-5,11,14H,6-10,12H2,1H3,(H,22,25). The summed E-state index contributed by atoms with van der Waals surface area (Å²) in [7, 11) is 0. The van der Waals surface area contributed by atoms with Gasteiger partial charge in [-0.2, -0.15) is 0 Å². The highest BCUT2D eigenvalue weighted by Gasteiger charge is 2.26. The van der Waals surface area contributed by atoms with Crippen molar-refractivity contribution in [1.29, 1.82) is 0 Å². The third-order valence-corrected chi connectivity index (χ3v) is 4.73. The van der Waals surface area contributed by atoms with E-state index in [0.717, 1.165) is 31.6 Å². The molecule has 1 aliphatic heterocycles. The Bertz CT molecular complexity index is 810. The molecule has 132 valence electrons. The molecule has 0 spiro atoms. The average Bonchev–Trinajstić information content (AvgIpc) is 2.60. The van der Waals surface area contributed by atoms with Gasteiger partial charge in [0.1, 0.15) is 17.3 Å². The molecule has 0 radical (unpaired) electrons. The number of nitrogens with zero attached hydrogens (tertiary/aromatic N) is 2. The van der Waals surface area contributed by atoms with E-state index in [1.165, 1.54) is 6.07 Å². The summed E-state index contributed by atoms with van der Waals surface area (Å²) < 4.78 is 13.7. The van der Waals surface area contributed by atoms with Gasteiger partial charge >= 0.3 is 0 Å². The van der Waals surface area contributed by atoms with Crippen LogP contribution in [0.25, 0.3) is 0 Å². The van der Waals surface area contributed by atoms with Crippen LogP contribution in [-0.2, 0) is 17.8 Å². The monoisotopic (exact) mass is 343 g/mol.